The smallest absolute Gasteiger partial charge is 0.357 e. The Labute approximate surface area is 236 Å². The molecule has 0 radical (unpaired) electrons. The van der Waals surface area contributed by atoms with Crippen LogP contribution in [0.5, 0.6) is 11.5 Å². The molecule has 2 bridgehead atoms. The van der Waals surface area contributed by atoms with E-state index in [2.05, 4.69) is 6.92 Å². The fraction of sp³-hybridized carbons (Fsp3) is 0.452. The van der Waals surface area contributed by atoms with Crippen molar-refractivity contribution in [1.29, 1.82) is 0 Å². The summed E-state index contributed by atoms with van der Waals surface area (Å²) < 4.78 is 23.4. The maximum absolute atomic E-state index is 13.7. The lowest BCUT2D eigenvalue weighted by Gasteiger charge is -2.61. The Bertz CT molecular complexity index is 1430. The number of aliphatic hydroxyl groups excluding tert-OH is 1. The zero-order valence-electron chi connectivity index (χ0n) is 22.7. The lowest BCUT2D eigenvalue weighted by molar-refractivity contribution is -0.178. The number of hydrogen-bond donors (Lipinski definition) is 3. The number of carbonyl (C=O) groups excluding carboxylic acids is 2. The number of carbonyl (C=O) groups is 3. The monoisotopic (exact) mass is 564 g/mol. The van der Waals surface area contributed by atoms with Crippen molar-refractivity contribution in [2.75, 3.05) is 7.11 Å². The maximum Gasteiger partial charge on any atom is 0.357 e. The van der Waals surface area contributed by atoms with Gasteiger partial charge in [-0.1, -0.05) is 43.3 Å². The molecule has 2 aromatic rings. The molecule has 1 unspecified atom stereocenters. The van der Waals surface area contributed by atoms with Crippen LogP contribution in [0.4, 0.5) is 0 Å². The van der Waals surface area contributed by atoms with Crippen molar-refractivity contribution in [1.82, 2.24) is 0 Å². The van der Waals surface area contributed by atoms with Crippen LogP contribution in [0.2, 0.25) is 0 Å². The third-order valence-electron chi connectivity index (χ3n) is 9.37. The minimum absolute atomic E-state index is 0.0126. The van der Waals surface area contributed by atoms with E-state index in [1.807, 2.05) is 12.1 Å². The first-order valence-electron chi connectivity index (χ1n) is 13.8. The van der Waals surface area contributed by atoms with E-state index in [-0.39, 0.29) is 24.0 Å². The number of hydrogen-bond acceptors (Lipinski definition) is 9. The number of carboxylic acids is 1. The third kappa shape index (κ3) is 4.03. The normalized spacial score (nSPS) is 30.1. The topological polar surface area (TPSA) is 149 Å². The number of esters is 2. The minimum atomic E-state index is -1.98. The summed E-state index contributed by atoms with van der Waals surface area (Å²) in [5, 5.41) is 31.0. The molecular weight excluding hydrogens is 532 g/mol. The molecule has 10 heteroatoms. The second kappa shape index (κ2) is 9.88. The fourth-order valence-electron chi connectivity index (χ4n) is 7.44. The first-order valence-corrected chi connectivity index (χ1v) is 13.8. The Hall–Kier alpha value is -3.89. The molecule has 41 heavy (non-hydrogen) atoms. The van der Waals surface area contributed by atoms with E-state index in [9.17, 15) is 24.6 Å². The first kappa shape index (κ1) is 27.3. The molecule has 6 rings (SSSR count). The molecule has 10 nitrogen and oxygen atoms in total. The van der Waals surface area contributed by atoms with E-state index in [4.69, 9.17) is 24.1 Å². The minimum Gasteiger partial charge on any atom is -0.493 e. The van der Waals surface area contributed by atoms with Crippen LogP contribution in [0, 0.1) is 11.8 Å². The maximum atomic E-state index is 13.7. The van der Waals surface area contributed by atoms with Crippen molar-refractivity contribution in [3.8, 4) is 11.5 Å². The van der Waals surface area contributed by atoms with E-state index in [0.29, 0.717) is 29.9 Å². The SMILES string of the molecule is COc1ccc2c3c1O[C@H]1C(OC(=O)[C@@H](OC(=O)C[C@H](O)C(=O)O)c4ccccc4)=CC[C@@]4(O)[C@@H](C2)C(C)CC[C@]314. The summed E-state index contributed by atoms with van der Waals surface area (Å²) in [5.74, 6) is -2.02. The lowest BCUT2D eigenvalue weighted by Crippen LogP contribution is -2.69. The molecule has 0 aromatic heterocycles. The molecule has 0 amide bonds. The molecule has 1 fully saturated rings. The van der Waals surface area contributed by atoms with Gasteiger partial charge in [0.2, 0.25) is 6.10 Å². The molecule has 3 N–H and O–H groups in total. The third-order valence-corrected chi connectivity index (χ3v) is 9.37. The summed E-state index contributed by atoms with van der Waals surface area (Å²) >= 11 is 0. The Morgan fingerprint density at radius 3 is 2.61 bits per heavy atom. The van der Waals surface area contributed by atoms with Gasteiger partial charge in [0, 0.05) is 11.1 Å². The van der Waals surface area contributed by atoms with Gasteiger partial charge in [0.05, 0.1) is 24.5 Å². The van der Waals surface area contributed by atoms with Gasteiger partial charge in [-0.05, 0) is 55.2 Å². The highest BCUT2D eigenvalue weighted by molar-refractivity contribution is 5.84. The van der Waals surface area contributed by atoms with Crippen molar-refractivity contribution in [2.24, 2.45) is 11.8 Å². The van der Waals surface area contributed by atoms with Crippen molar-refractivity contribution in [3.05, 3.63) is 71.0 Å². The zero-order chi connectivity index (χ0) is 29.1. The van der Waals surface area contributed by atoms with E-state index in [1.54, 1.807) is 43.5 Å². The van der Waals surface area contributed by atoms with Crippen LogP contribution in [-0.2, 0) is 35.7 Å². The van der Waals surface area contributed by atoms with Crippen LogP contribution in [0.15, 0.2) is 54.3 Å². The van der Waals surface area contributed by atoms with Crippen LogP contribution < -0.4 is 9.47 Å². The number of ether oxygens (including phenoxy) is 4. The molecule has 1 aliphatic heterocycles. The summed E-state index contributed by atoms with van der Waals surface area (Å²) in [6.07, 6.45) is -1.02. The second-order valence-electron chi connectivity index (χ2n) is 11.4. The molecule has 2 aromatic carbocycles. The Morgan fingerprint density at radius 2 is 1.90 bits per heavy atom. The first-order chi connectivity index (χ1) is 19.6. The standard InChI is InChI=1S/C31H32O10/c1-16-10-12-30-24-18-8-9-21(38-2)26(24)41-27(30)22(11-13-31(30,37)19(16)14-18)39-29(36)25(17-6-4-3-5-7-17)40-23(33)15-20(32)28(34)35/h3-9,11,16,19-20,25,27,32,37H,10,12-15H2,1-2H3,(H,34,35)/t16?,19-,20-,25-,27-,30-,31+/m0/s1. The summed E-state index contributed by atoms with van der Waals surface area (Å²) in [7, 11) is 1.55. The Balaban J connectivity index is 1.35. The highest BCUT2D eigenvalue weighted by Gasteiger charge is 2.72. The average molecular weight is 565 g/mol. The fourth-order valence-corrected chi connectivity index (χ4v) is 7.44. The predicted octanol–water partition coefficient (Wildman–Crippen LogP) is 2.98. The highest BCUT2D eigenvalue weighted by Crippen LogP contribution is 2.68. The van der Waals surface area contributed by atoms with Crippen LogP contribution in [0.25, 0.3) is 0 Å². The lowest BCUT2D eigenvalue weighted by atomic mass is 9.45. The zero-order valence-corrected chi connectivity index (χ0v) is 22.7. The predicted molar refractivity (Wildman–Crippen MR) is 142 cm³/mol. The molecule has 7 atom stereocenters. The van der Waals surface area contributed by atoms with Crippen molar-refractivity contribution >= 4 is 17.9 Å². The van der Waals surface area contributed by atoms with Gasteiger partial charge in [0.15, 0.2) is 23.7 Å². The Morgan fingerprint density at radius 1 is 1.15 bits per heavy atom. The van der Waals surface area contributed by atoms with Gasteiger partial charge >= 0.3 is 17.9 Å². The molecule has 4 aliphatic rings. The highest BCUT2D eigenvalue weighted by atomic mass is 16.6. The summed E-state index contributed by atoms with van der Waals surface area (Å²) in [6, 6.07) is 12.1. The second-order valence-corrected chi connectivity index (χ2v) is 11.4. The summed E-state index contributed by atoms with van der Waals surface area (Å²) in [4.78, 5) is 37.2. The number of carboxylic acid groups (broad SMARTS) is 1. The van der Waals surface area contributed by atoms with Crippen LogP contribution in [-0.4, -0.2) is 58.1 Å². The average Bonchev–Trinajstić information content (AvgIpc) is 3.31. The van der Waals surface area contributed by atoms with Crippen LogP contribution >= 0.6 is 0 Å². The van der Waals surface area contributed by atoms with Gasteiger partial charge in [0.1, 0.15) is 5.76 Å². The molecule has 216 valence electrons. The number of aliphatic hydroxyl groups is 2. The summed E-state index contributed by atoms with van der Waals surface area (Å²) in [6.45, 7) is 2.16. The van der Waals surface area contributed by atoms with Crippen LogP contribution in [0.3, 0.4) is 0 Å². The molecule has 1 spiro atoms. The summed E-state index contributed by atoms with van der Waals surface area (Å²) in [5.41, 5.74) is 0.337. The van der Waals surface area contributed by atoms with Gasteiger partial charge in [-0.3, -0.25) is 4.79 Å². The van der Waals surface area contributed by atoms with Crippen molar-refractivity contribution < 1.29 is 48.7 Å². The van der Waals surface area contributed by atoms with Gasteiger partial charge in [0.25, 0.3) is 0 Å². The van der Waals surface area contributed by atoms with Gasteiger partial charge < -0.3 is 34.3 Å². The Kier molecular flexibility index (Phi) is 6.58. The van der Waals surface area contributed by atoms with E-state index < -0.39 is 53.7 Å². The number of benzene rings is 2. The van der Waals surface area contributed by atoms with Gasteiger partial charge in [-0.25, -0.2) is 9.59 Å². The molecule has 3 aliphatic carbocycles. The van der Waals surface area contributed by atoms with E-state index >= 15 is 0 Å². The molecule has 1 heterocycles. The number of aliphatic carboxylic acids is 1. The van der Waals surface area contributed by atoms with Crippen molar-refractivity contribution in [2.45, 2.75) is 68.4 Å². The number of rotatable bonds is 8. The van der Waals surface area contributed by atoms with Gasteiger partial charge in [-0.2, -0.15) is 0 Å². The molecule has 0 saturated heterocycles. The van der Waals surface area contributed by atoms with E-state index in [0.717, 1.165) is 17.5 Å². The van der Waals surface area contributed by atoms with Crippen molar-refractivity contribution in [3.63, 3.8) is 0 Å². The van der Waals surface area contributed by atoms with E-state index in [1.165, 1.54) is 0 Å². The molecular formula is C31H32O10. The quantitative estimate of drug-likeness (QED) is 0.409. The van der Waals surface area contributed by atoms with Gasteiger partial charge in [-0.15, -0.1) is 0 Å². The number of methoxy groups -OCH3 is 1. The molecule has 1 saturated carbocycles. The van der Waals surface area contributed by atoms with Crippen LogP contribution in [0.1, 0.15) is 55.4 Å². The largest absolute Gasteiger partial charge is 0.493 e.